The van der Waals surface area contributed by atoms with Gasteiger partial charge in [-0.25, -0.2) is 0 Å². The van der Waals surface area contributed by atoms with E-state index in [-0.39, 0.29) is 0 Å². The van der Waals surface area contributed by atoms with Crippen LogP contribution in [0, 0.1) is 0 Å². The van der Waals surface area contributed by atoms with Gasteiger partial charge < -0.3 is 50.3 Å². The first-order valence-electron chi connectivity index (χ1n) is 7.02. The van der Waals surface area contributed by atoms with Crippen LogP contribution in [0.25, 0.3) is 0 Å². The molecule has 0 aliphatic carbocycles. The fourth-order valence-electron chi connectivity index (χ4n) is 2.84. The minimum Gasteiger partial charge on any atom is -0.394 e. The largest absolute Gasteiger partial charge is 0.394 e. The quantitative estimate of drug-likeness (QED) is 0.245. The molecule has 2 heterocycles. The number of aliphatic hydroxyl groups excluding tert-OH is 8. The van der Waals surface area contributed by atoms with Gasteiger partial charge in [0, 0.05) is 0 Å². The van der Waals surface area contributed by atoms with Gasteiger partial charge >= 0.3 is 0 Å². The zero-order valence-corrected chi connectivity index (χ0v) is 11.9. The van der Waals surface area contributed by atoms with Crippen LogP contribution >= 0.6 is 0 Å². The van der Waals surface area contributed by atoms with Crippen molar-refractivity contribution in [1.82, 2.24) is 0 Å². The van der Waals surface area contributed by atoms with Crippen molar-refractivity contribution in [3.8, 4) is 0 Å². The Morgan fingerprint density at radius 1 is 0.739 bits per heavy atom. The summed E-state index contributed by atoms with van der Waals surface area (Å²) in [6.45, 7) is -1.67. The lowest BCUT2D eigenvalue weighted by Gasteiger charge is -2.51. The Balaban J connectivity index is 2.33. The second-order valence-corrected chi connectivity index (χ2v) is 5.74. The lowest BCUT2D eigenvalue weighted by Crippen LogP contribution is -2.74. The summed E-state index contributed by atoms with van der Waals surface area (Å²) in [6, 6.07) is 0. The molecule has 0 saturated carbocycles. The highest BCUT2D eigenvalue weighted by molar-refractivity contribution is 5.05. The Hall–Kier alpha value is -0.440. The zero-order chi connectivity index (χ0) is 17.5. The third-order valence-corrected chi connectivity index (χ3v) is 4.27. The number of aliphatic hydroxyl groups is 8. The van der Waals surface area contributed by atoms with Gasteiger partial charge in [0.15, 0.2) is 0 Å². The molecule has 2 rings (SSSR count). The molecule has 135 valence electrons. The molecule has 0 aromatic rings. The molecule has 2 aliphatic rings. The summed E-state index contributed by atoms with van der Waals surface area (Å²) in [5.41, 5.74) is 0. The van der Waals surface area contributed by atoms with E-state index in [0.717, 1.165) is 0 Å². The van der Waals surface area contributed by atoms with Gasteiger partial charge in [0.05, 0.1) is 13.2 Å². The molecule has 23 heavy (non-hydrogen) atoms. The molecule has 2 aliphatic heterocycles. The molecule has 2 saturated heterocycles. The van der Waals surface area contributed by atoms with Gasteiger partial charge in [-0.1, -0.05) is 0 Å². The van der Waals surface area contributed by atoms with Crippen LogP contribution in [-0.2, 0) is 14.6 Å². The maximum Gasteiger partial charge on any atom is 0.260 e. The Morgan fingerprint density at radius 2 is 1.26 bits per heavy atom. The highest BCUT2D eigenvalue weighted by Crippen LogP contribution is 2.37. The van der Waals surface area contributed by atoms with Crippen LogP contribution in [0.2, 0.25) is 0 Å². The molecule has 0 aromatic carbocycles. The van der Waals surface area contributed by atoms with Gasteiger partial charge in [-0.15, -0.1) is 0 Å². The van der Waals surface area contributed by atoms with Crippen LogP contribution < -0.4 is 0 Å². The van der Waals surface area contributed by atoms with Gasteiger partial charge in [-0.3, -0.25) is 0 Å². The normalized spacial score (nSPS) is 54.9. The van der Waals surface area contributed by atoms with Crippen LogP contribution in [0.3, 0.4) is 0 Å². The maximum absolute atomic E-state index is 12.8. The van der Waals surface area contributed by atoms with E-state index in [1.165, 1.54) is 0 Å². The van der Waals surface area contributed by atoms with Crippen molar-refractivity contribution in [1.29, 1.82) is 0 Å². The minimum atomic E-state index is -3.07. The number of ether oxygens (including phenoxy) is 2. The van der Waals surface area contributed by atoms with Gasteiger partial charge in [-0.05, 0) is 0 Å². The van der Waals surface area contributed by atoms with E-state index in [9.17, 15) is 35.7 Å². The van der Waals surface area contributed by atoms with Gasteiger partial charge in [0.25, 0.3) is 5.79 Å². The number of rotatable bonds is 3. The van der Waals surface area contributed by atoms with Crippen molar-refractivity contribution in [2.45, 2.75) is 60.7 Å². The maximum atomic E-state index is 12.8. The monoisotopic (exact) mass is 341 g/mol. The van der Waals surface area contributed by atoms with Crippen LogP contribution in [-0.4, -0.2) is 115 Å². The second-order valence-electron chi connectivity index (χ2n) is 5.74. The summed E-state index contributed by atoms with van der Waals surface area (Å²) in [5, 5.41) is 89.7. The summed E-state index contributed by atoms with van der Waals surface area (Å²) in [4.78, 5) is 0. The first kappa shape index (κ1) is 18.9. The van der Waals surface area contributed by atoms with E-state index < -0.39 is 73.9 Å². The van der Waals surface area contributed by atoms with Crippen LogP contribution in [0.1, 0.15) is 0 Å². The third-order valence-electron chi connectivity index (χ3n) is 4.27. The molecule has 2 fully saturated rings. The summed E-state index contributed by atoms with van der Waals surface area (Å²) >= 11 is 0. The molecule has 0 aromatic heterocycles. The fraction of sp³-hybridized carbons (Fsp3) is 1.00. The van der Waals surface area contributed by atoms with E-state index in [2.05, 4.69) is 0 Å². The second kappa shape index (κ2) is 6.82. The first-order chi connectivity index (χ1) is 10.7. The Morgan fingerprint density at radius 3 is 1.78 bits per heavy atom. The van der Waals surface area contributed by atoms with Crippen LogP contribution in [0.5, 0.6) is 0 Å². The van der Waals surface area contributed by atoms with Gasteiger partial charge in [0.1, 0.15) is 54.9 Å². The van der Waals surface area contributed by atoms with Gasteiger partial charge in [0.2, 0.25) is 0 Å². The lowest BCUT2D eigenvalue weighted by atomic mass is 9.83. The fourth-order valence-corrected chi connectivity index (χ4v) is 2.84. The molecule has 1 radical (unpaired) electrons. The molecular weight excluding hydrogens is 320 g/mol. The molecule has 8 N–H and O–H groups in total. The molecule has 10 atom stereocenters. The third kappa shape index (κ3) is 2.99. The molecule has 0 bridgehead atoms. The molecule has 11 heteroatoms. The number of hydrogen-bond acceptors (Lipinski definition) is 10. The smallest absolute Gasteiger partial charge is 0.260 e. The van der Waals surface area contributed by atoms with Crippen molar-refractivity contribution >= 4 is 0 Å². The standard InChI is InChI=1S/C12H21O11/c13-1-3-5(15)7(17)9(19)11(22-3)12(21)10(20)8(18)6(16)4(2-14)23-12/h3-11,13-20H,1-2H2/t3-,4+,5-,6+,7+,8-,9-,10-,11?,12+/m1/s1. The van der Waals surface area contributed by atoms with Crippen molar-refractivity contribution in [3.63, 3.8) is 0 Å². The number of hydrogen-bond donors (Lipinski definition) is 8. The lowest BCUT2D eigenvalue weighted by molar-refractivity contribution is -0.423. The van der Waals surface area contributed by atoms with E-state index in [1.807, 2.05) is 0 Å². The SMILES string of the molecule is [O][C@]1(C2O[C@H](CO)[C@@H](O)[C@H](O)[C@H]2O)O[C@@H](CO)[C@H](O)[C@@H](O)[C@H]1O. The minimum absolute atomic E-state index is 0.803. The van der Waals surface area contributed by atoms with Crippen molar-refractivity contribution < 1.29 is 55.4 Å². The highest BCUT2D eigenvalue weighted by Gasteiger charge is 2.63. The zero-order valence-electron chi connectivity index (χ0n) is 11.9. The average Bonchev–Trinajstić information content (AvgIpc) is 2.54. The van der Waals surface area contributed by atoms with E-state index in [4.69, 9.17) is 19.7 Å². The van der Waals surface area contributed by atoms with Crippen molar-refractivity contribution in [3.05, 3.63) is 0 Å². The average molecular weight is 341 g/mol. The summed E-state index contributed by atoms with van der Waals surface area (Å²) < 4.78 is 9.92. The molecule has 0 spiro atoms. The van der Waals surface area contributed by atoms with E-state index >= 15 is 0 Å². The predicted octanol–water partition coefficient (Wildman–Crippen LogP) is -5.57. The summed E-state index contributed by atoms with van der Waals surface area (Å²) in [7, 11) is 0. The molecule has 1 unspecified atom stereocenters. The molecule has 11 nitrogen and oxygen atoms in total. The van der Waals surface area contributed by atoms with Gasteiger partial charge in [-0.2, -0.15) is 5.11 Å². The highest BCUT2D eigenvalue weighted by atomic mass is 16.7. The van der Waals surface area contributed by atoms with Crippen molar-refractivity contribution in [2.75, 3.05) is 13.2 Å². The van der Waals surface area contributed by atoms with E-state index in [0.29, 0.717) is 0 Å². The van der Waals surface area contributed by atoms with E-state index in [1.54, 1.807) is 0 Å². The van der Waals surface area contributed by atoms with Crippen molar-refractivity contribution in [2.24, 2.45) is 0 Å². The Bertz CT molecular complexity index is 404. The van der Waals surface area contributed by atoms with Crippen LogP contribution in [0.15, 0.2) is 0 Å². The Kier molecular flexibility index (Phi) is 5.60. The van der Waals surface area contributed by atoms with Crippen LogP contribution in [0.4, 0.5) is 0 Å². The first-order valence-corrected chi connectivity index (χ1v) is 7.02. The summed E-state index contributed by atoms with van der Waals surface area (Å²) in [5.74, 6) is -3.07. The summed E-state index contributed by atoms with van der Waals surface area (Å²) in [6.07, 6.45) is -16.7. The predicted molar refractivity (Wildman–Crippen MR) is 67.2 cm³/mol. The molecule has 0 amide bonds. The topological polar surface area (TPSA) is 200 Å². The Labute approximate surface area is 130 Å². The molecular formula is C12H21O11.